The van der Waals surface area contributed by atoms with Crippen molar-refractivity contribution < 1.29 is 0 Å². The van der Waals surface area contributed by atoms with E-state index in [4.69, 9.17) is 0 Å². The number of aromatic nitrogens is 1. The maximum atomic E-state index is 2.44. The van der Waals surface area contributed by atoms with E-state index < -0.39 is 0 Å². The van der Waals surface area contributed by atoms with E-state index in [0.717, 1.165) is 19.5 Å². The molecule has 0 aliphatic carbocycles. The first-order valence-corrected chi connectivity index (χ1v) is 9.04. The summed E-state index contributed by atoms with van der Waals surface area (Å²) in [5, 5.41) is 3.57. The van der Waals surface area contributed by atoms with Crippen molar-refractivity contribution in [2.45, 2.75) is 26.8 Å². The summed E-state index contributed by atoms with van der Waals surface area (Å²) >= 11 is 1.81. The number of hydrogen-bond donors (Lipinski definition) is 0. The summed E-state index contributed by atoms with van der Waals surface area (Å²) in [5.74, 6) is 0. The average molecular weight is 322 g/mol. The molecule has 3 heterocycles. The van der Waals surface area contributed by atoms with E-state index in [9.17, 15) is 0 Å². The van der Waals surface area contributed by atoms with Crippen molar-refractivity contribution in [3.63, 3.8) is 0 Å². The minimum atomic E-state index is 1.05. The molecular formula is C20H22N2S. The highest BCUT2D eigenvalue weighted by atomic mass is 32.1. The highest BCUT2D eigenvalue weighted by molar-refractivity contribution is 7.11. The zero-order chi connectivity index (χ0) is 16.0. The third-order valence-corrected chi connectivity index (χ3v) is 5.77. The van der Waals surface area contributed by atoms with Gasteiger partial charge in [0, 0.05) is 41.7 Å². The zero-order valence-corrected chi connectivity index (χ0v) is 14.8. The minimum Gasteiger partial charge on any atom is -0.320 e. The lowest BCUT2D eigenvalue weighted by molar-refractivity contribution is 0.312. The van der Waals surface area contributed by atoms with E-state index >= 15 is 0 Å². The standard InChI is InChI=1S/C20H22N2S/c1-14-6-7-18-16(11-14)17-13-21(3)9-8-19(17)22(18)12-15(2)20-5-4-10-23-20/h4-7,10-12H,8-9,13H2,1-3H3/b15-12-. The van der Waals surface area contributed by atoms with Gasteiger partial charge in [0.1, 0.15) is 0 Å². The van der Waals surface area contributed by atoms with Gasteiger partial charge in [-0.3, -0.25) is 0 Å². The van der Waals surface area contributed by atoms with E-state index in [-0.39, 0.29) is 0 Å². The first kappa shape index (κ1) is 14.7. The van der Waals surface area contributed by atoms with Gasteiger partial charge in [-0.15, -0.1) is 11.3 Å². The third kappa shape index (κ3) is 2.54. The average Bonchev–Trinajstić information content (AvgIpc) is 3.15. The molecule has 118 valence electrons. The van der Waals surface area contributed by atoms with E-state index in [1.807, 2.05) is 11.3 Å². The van der Waals surface area contributed by atoms with Gasteiger partial charge in [0.2, 0.25) is 0 Å². The van der Waals surface area contributed by atoms with Gasteiger partial charge in [-0.05, 0) is 55.6 Å². The second-order valence-corrected chi connectivity index (χ2v) is 7.54. The van der Waals surface area contributed by atoms with Crippen LogP contribution in [0, 0.1) is 6.92 Å². The third-order valence-electron chi connectivity index (χ3n) is 4.77. The van der Waals surface area contributed by atoms with Crippen LogP contribution in [-0.2, 0) is 13.0 Å². The Balaban J connectivity index is 1.94. The van der Waals surface area contributed by atoms with Crippen molar-refractivity contribution in [2.24, 2.45) is 0 Å². The second kappa shape index (κ2) is 5.66. The molecule has 1 aromatic carbocycles. The number of likely N-dealkylation sites (N-methyl/N-ethyl adjacent to an activating group) is 1. The fourth-order valence-electron chi connectivity index (χ4n) is 3.55. The molecule has 0 atom stereocenters. The number of fused-ring (bicyclic) bond motifs is 3. The lowest BCUT2D eigenvalue weighted by Crippen LogP contribution is -2.26. The maximum Gasteiger partial charge on any atom is 0.0529 e. The van der Waals surface area contributed by atoms with Gasteiger partial charge in [0.05, 0.1) is 5.52 Å². The molecular weight excluding hydrogens is 300 g/mol. The van der Waals surface area contributed by atoms with Crippen molar-refractivity contribution in [3.05, 3.63) is 57.4 Å². The molecule has 1 aliphatic rings. The predicted molar refractivity (Wildman–Crippen MR) is 101 cm³/mol. The summed E-state index contributed by atoms with van der Waals surface area (Å²) in [7, 11) is 2.22. The molecule has 0 saturated carbocycles. The van der Waals surface area contributed by atoms with Gasteiger partial charge in [-0.1, -0.05) is 17.7 Å². The first-order valence-electron chi connectivity index (χ1n) is 8.16. The fourth-order valence-corrected chi connectivity index (χ4v) is 4.25. The summed E-state index contributed by atoms with van der Waals surface area (Å²) in [6.07, 6.45) is 3.45. The van der Waals surface area contributed by atoms with Crippen LogP contribution in [0.1, 0.15) is 28.6 Å². The number of nitrogens with zero attached hydrogens (tertiary/aromatic N) is 2. The number of rotatable bonds is 2. The number of aryl methyl sites for hydroxylation is 1. The number of benzene rings is 1. The van der Waals surface area contributed by atoms with Crippen LogP contribution in [-0.4, -0.2) is 23.1 Å². The van der Waals surface area contributed by atoms with E-state index in [1.165, 1.54) is 38.2 Å². The van der Waals surface area contributed by atoms with E-state index in [1.54, 1.807) is 0 Å². The Kier molecular flexibility index (Phi) is 3.63. The molecule has 4 rings (SSSR count). The molecule has 3 heteroatoms. The Hall–Kier alpha value is -1.84. The van der Waals surface area contributed by atoms with Crippen molar-refractivity contribution in [1.29, 1.82) is 0 Å². The van der Waals surface area contributed by atoms with Crippen molar-refractivity contribution in [1.82, 2.24) is 9.47 Å². The Morgan fingerprint density at radius 3 is 2.91 bits per heavy atom. The molecule has 0 radical (unpaired) electrons. The normalized spacial score (nSPS) is 16.0. The monoisotopic (exact) mass is 322 g/mol. The molecule has 0 saturated heterocycles. The fraction of sp³-hybridized carbons (Fsp3) is 0.300. The summed E-state index contributed by atoms with van der Waals surface area (Å²) < 4.78 is 2.44. The highest BCUT2D eigenvalue weighted by Crippen LogP contribution is 2.33. The molecule has 2 aromatic heterocycles. The van der Waals surface area contributed by atoms with Crippen LogP contribution in [0.5, 0.6) is 0 Å². The van der Waals surface area contributed by atoms with Crippen LogP contribution in [0.15, 0.2) is 35.7 Å². The van der Waals surface area contributed by atoms with Gasteiger partial charge in [-0.2, -0.15) is 0 Å². The smallest absolute Gasteiger partial charge is 0.0529 e. The zero-order valence-electron chi connectivity index (χ0n) is 14.0. The Bertz CT molecular complexity index is 884. The molecule has 0 spiro atoms. The van der Waals surface area contributed by atoms with Gasteiger partial charge in [0.15, 0.2) is 0 Å². The second-order valence-electron chi connectivity index (χ2n) is 6.59. The minimum absolute atomic E-state index is 1.05. The largest absolute Gasteiger partial charge is 0.320 e. The van der Waals surface area contributed by atoms with Crippen LogP contribution in [0.2, 0.25) is 0 Å². The van der Waals surface area contributed by atoms with Gasteiger partial charge in [0.25, 0.3) is 0 Å². The lowest BCUT2D eigenvalue weighted by atomic mass is 10.0. The maximum absolute atomic E-state index is 2.44. The summed E-state index contributed by atoms with van der Waals surface area (Å²) in [5.41, 5.74) is 7.00. The van der Waals surface area contributed by atoms with Crippen LogP contribution in [0.3, 0.4) is 0 Å². The summed E-state index contributed by atoms with van der Waals surface area (Å²) in [4.78, 5) is 3.77. The van der Waals surface area contributed by atoms with Crippen LogP contribution in [0.4, 0.5) is 0 Å². The quantitative estimate of drug-likeness (QED) is 0.643. The molecule has 0 N–H and O–H groups in total. The Morgan fingerprint density at radius 2 is 2.13 bits per heavy atom. The van der Waals surface area contributed by atoms with Crippen LogP contribution < -0.4 is 0 Å². The molecule has 23 heavy (non-hydrogen) atoms. The molecule has 0 amide bonds. The molecule has 0 fully saturated rings. The van der Waals surface area contributed by atoms with Crippen molar-refractivity contribution >= 4 is 34.0 Å². The lowest BCUT2D eigenvalue weighted by Gasteiger charge is -2.23. The Labute approximate surface area is 141 Å². The molecule has 3 aromatic rings. The molecule has 0 unspecified atom stereocenters. The number of allylic oxidation sites excluding steroid dienone is 1. The summed E-state index contributed by atoms with van der Waals surface area (Å²) in [6, 6.07) is 11.2. The van der Waals surface area contributed by atoms with Crippen molar-refractivity contribution in [2.75, 3.05) is 13.6 Å². The van der Waals surface area contributed by atoms with E-state index in [0.29, 0.717) is 0 Å². The van der Waals surface area contributed by atoms with Crippen LogP contribution in [0.25, 0.3) is 22.7 Å². The van der Waals surface area contributed by atoms with Crippen LogP contribution >= 0.6 is 11.3 Å². The first-order chi connectivity index (χ1) is 11.1. The Morgan fingerprint density at radius 1 is 1.26 bits per heavy atom. The van der Waals surface area contributed by atoms with Gasteiger partial charge >= 0.3 is 0 Å². The predicted octanol–water partition coefficient (Wildman–Crippen LogP) is 5.02. The molecule has 0 bridgehead atoms. The highest BCUT2D eigenvalue weighted by Gasteiger charge is 2.21. The molecule has 1 aliphatic heterocycles. The topological polar surface area (TPSA) is 8.17 Å². The molecule has 2 nitrogen and oxygen atoms in total. The van der Waals surface area contributed by atoms with Gasteiger partial charge < -0.3 is 9.47 Å². The van der Waals surface area contributed by atoms with Gasteiger partial charge in [-0.25, -0.2) is 0 Å². The SMILES string of the molecule is C/C(=C/n1c2c(c3cc(C)ccc31)CN(C)CC2)c1cccs1. The van der Waals surface area contributed by atoms with Crippen molar-refractivity contribution in [3.8, 4) is 0 Å². The number of thiophene rings is 1. The summed E-state index contributed by atoms with van der Waals surface area (Å²) in [6.45, 7) is 6.58. The van der Waals surface area contributed by atoms with E-state index in [2.05, 4.69) is 72.3 Å². The number of hydrogen-bond acceptors (Lipinski definition) is 2.